The molecule has 0 aliphatic rings. The number of thiazole rings is 1. The highest BCUT2D eigenvalue weighted by atomic mass is 32.1. The first-order chi connectivity index (χ1) is 7.16. The van der Waals surface area contributed by atoms with Crippen LogP contribution in [0.5, 0.6) is 0 Å². The molecule has 0 spiro atoms. The summed E-state index contributed by atoms with van der Waals surface area (Å²) in [7, 11) is 3.96. The molecule has 3 nitrogen and oxygen atoms in total. The molecule has 15 heavy (non-hydrogen) atoms. The fourth-order valence-corrected chi connectivity index (χ4v) is 2.03. The lowest BCUT2D eigenvalue weighted by Crippen LogP contribution is -2.17. The van der Waals surface area contributed by atoms with Crippen LogP contribution in [0.1, 0.15) is 6.92 Å². The molecule has 0 fully saturated rings. The molecule has 0 atom stereocenters. The van der Waals surface area contributed by atoms with Gasteiger partial charge in [0.25, 0.3) is 0 Å². The normalized spacial score (nSPS) is 12.1. The van der Waals surface area contributed by atoms with E-state index in [1.807, 2.05) is 44.1 Å². The van der Waals surface area contributed by atoms with Gasteiger partial charge in [-0.05, 0) is 19.1 Å². The zero-order valence-corrected chi connectivity index (χ0v) is 9.88. The lowest BCUT2D eigenvalue weighted by atomic mass is 10.3. The number of fused-ring (bicyclic) bond motifs is 1. The van der Waals surface area contributed by atoms with Crippen molar-refractivity contribution in [2.45, 2.75) is 6.92 Å². The zero-order chi connectivity index (χ0) is 10.8. The van der Waals surface area contributed by atoms with Gasteiger partial charge in [-0.15, -0.1) is 0 Å². The highest BCUT2D eigenvalue weighted by Gasteiger charge is 2.02. The van der Waals surface area contributed by atoms with E-state index >= 15 is 0 Å². The van der Waals surface area contributed by atoms with E-state index < -0.39 is 0 Å². The maximum atomic E-state index is 4.45. The summed E-state index contributed by atoms with van der Waals surface area (Å²) >= 11 is 1.62. The van der Waals surface area contributed by atoms with Crippen LogP contribution < -0.4 is 0 Å². The molecule has 0 saturated carbocycles. The summed E-state index contributed by atoms with van der Waals surface area (Å²) in [5.74, 6) is 0.967. The van der Waals surface area contributed by atoms with Gasteiger partial charge in [-0.3, -0.25) is 0 Å². The summed E-state index contributed by atoms with van der Waals surface area (Å²) < 4.78 is 1.18. The largest absolute Gasteiger partial charge is 0.366 e. The van der Waals surface area contributed by atoms with Gasteiger partial charge in [0.1, 0.15) is 5.84 Å². The Kier molecular flexibility index (Phi) is 2.68. The van der Waals surface area contributed by atoms with Crippen molar-refractivity contribution in [3.05, 3.63) is 24.3 Å². The molecule has 4 heteroatoms. The third-order valence-electron chi connectivity index (χ3n) is 2.19. The van der Waals surface area contributed by atoms with Gasteiger partial charge < -0.3 is 4.90 Å². The first-order valence-electron chi connectivity index (χ1n) is 4.75. The molecule has 0 radical (unpaired) electrons. The van der Waals surface area contributed by atoms with Gasteiger partial charge in [0, 0.05) is 14.1 Å². The minimum absolute atomic E-state index is 0.822. The SMILES string of the molecule is CC(=Nc1nc2ccccc2s1)N(C)C. The van der Waals surface area contributed by atoms with Crippen molar-refractivity contribution in [3.8, 4) is 0 Å². The molecule has 0 N–H and O–H groups in total. The molecule has 1 heterocycles. The third kappa shape index (κ3) is 2.15. The summed E-state index contributed by atoms with van der Waals surface area (Å²) in [6.45, 7) is 1.98. The Morgan fingerprint density at radius 2 is 2.07 bits per heavy atom. The van der Waals surface area contributed by atoms with Crippen LogP contribution >= 0.6 is 11.3 Å². The van der Waals surface area contributed by atoms with Gasteiger partial charge in [-0.1, -0.05) is 23.5 Å². The molecule has 1 aromatic carbocycles. The van der Waals surface area contributed by atoms with Crippen molar-refractivity contribution in [3.63, 3.8) is 0 Å². The highest BCUT2D eigenvalue weighted by molar-refractivity contribution is 7.22. The molecule has 0 bridgehead atoms. The number of hydrogen-bond donors (Lipinski definition) is 0. The Bertz CT molecular complexity index is 466. The van der Waals surface area contributed by atoms with Gasteiger partial charge >= 0.3 is 0 Å². The second kappa shape index (κ2) is 3.98. The van der Waals surface area contributed by atoms with Gasteiger partial charge in [-0.2, -0.15) is 0 Å². The minimum Gasteiger partial charge on any atom is -0.366 e. The molecule has 0 aliphatic heterocycles. The van der Waals surface area contributed by atoms with Crippen molar-refractivity contribution >= 4 is 32.5 Å². The van der Waals surface area contributed by atoms with E-state index in [0.29, 0.717) is 0 Å². The van der Waals surface area contributed by atoms with Gasteiger partial charge in [0.05, 0.1) is 10.2 Å². The number of aromatic nitrogens is 1. The van der Waals surface area contributed by atoms with Gasteiger partial charge in [-0.25, -0.2) is 9.98 Å². The van der Waals surface area contributed by atoms with Crippen LogP contribution in [0, 0.1) is 0 Å². The van der Waals surface area contributed by atoms with Gasteiger partial charge in [0.2, 0.25) is 5.13 Å². The Morgan fingerprint density at radius 1 is 1.33 bits per heavy atom. The first-order valence-corrected chi connectivity index (χ1v) is 5.56. The first kappa shape index (κ1) is 10.1. The smallest absolute Gasteiger partial charge is 0.211 e. The Morgan fingerprint density at radius 3 is 2.73 bits per heavy atom. The fraction of sp³-hybridized carbons (Fsp3) is 0.273. The number of nitrogens with zero attached hydrogens (tertiary/aromatic N) is 3. The Hall–Kier alpha value is -1.42. The molecule has 0 aliphatic carbocycles. The molecule has 2 aromatic rings. The Balaban J connectivity index is 2.41. The van der Waals surface area contributed by atoms with E-state index in [4.69, 9.17) is 0 Å². The van der Waals surface area contributed by atoms with E-state index in [-0.39, 0.29) is 0 Å². The average Bonchev–Trinajstić information content (AvgIpc) is 2.59. The van der Waals surface area contributed by atoms with Crippen molar-refractivity contribution in [2.75, 3.05) is 14.1 Å². The van der Waals surface area contributed by atoms with Crippen molar-refractivity contribution in [1.82, 2.24) is 9.88 Å². The standard InChI is InChI=1S/C11H13N3S/c1-8(14(2)3)12-11-13-9-6-4-5-7-10(9)15-11/h4-7H,1-3H3. The molecule has 1 aromatic heterocycles. The van der Waals surface area contributed by atoms with E-state index in [0.717, 1.165) is 16.5 Å². The molecule has 2 rings (SSSR count). The van der Waals surface area contributed by atoms with Crippen LogP contribution in [0.2, 0.25) is 0 Å². The zero-order valence-electron chi connectivity index (χ0n) is 9.06. The number of amidine groups is 1. The molecule has 78 valence electrons. The number of aliphatic imine (C=N–C) groups is 1. The van der Waals surface area contributed by atoms with Crippen molar-refractivity contribution in [1.29, 1.82) is 0 Å². The van der Waals surface area contributed by atoms with Crippen molar-refractivity contribution in [2.24, 2.45) is 4.99 Å². The number of hydrogen-bond acceptors (Lipinski definition) is 3. The van der Waals surface area contributed by atoms with E-state index in [1.165, 1.54) is 4.70 Å². The van der Waals surface area contributed by atoms with Crippen LogP contribution in [-0.4, -0.2) is 29.8 Å². The lowest BCUT2D eigenvalue weighted by molar-refractivity contribution is 0.619. The molecular formula is C11H13N3S. The number of benzene rings is 1. The van der Waals surface area contributed by atoms with Crippen LogP contribution in [-0.2, 0) is 0 Å². The predicted octanol–water partition coefficient (Wildman–Crippen LogP) is 2.91. The summed E-state index contributed by atoms with van der Waals surface area (Å²) in [5.41, 5.74) is 1.02. The summed E-state index contributed by atoms with van der Waals surface area (Å²) in [6.07, 6.45) is 0. The van der Waals surface area contributed by atoms with E-state index in [9.17, 15) is 0 Å². The van der Waals surface area contributed by atoms with Crippen LogP contribution in [0.25, 0.3) is 10.2 Å². The summed E-state index contributed by atoms with van der Waals surface area (Å²) in [4.78, 5) is 10.9. The summed E-state index contributed by atoms with van der Waals surface area (Å²) in [5, 5.41) is 0.822. The molecule has 0 unspecified atom stereocenters. The van der Waals surface area contributed by atoms with Crippen molar-refractivity contribution < 1.29 is 0 Å². The van der Waals surface area contributed by atoms with E-state index in [2.05, 4.69) is 16.0 Å². The topological polar surface area (TPSA) is 28.5 Å². The average molecular weight is 219 g/mol. The lowest BCUT2D eigenvalue weighted by Gasteiger charge is -2.09. The fourth-order valence-electron chi connectivity index (χ4n) is 1.15. The molecule has 0 amide bonds. The number of rotatable bonds is 1. The second-order valence-electron chi connectivity index (χ2n) is 3.52. The maximum Gasteiger partial charge on any atom is 0.211 e. The van der Waals surface area contributed by atoms with Crippen LogP contribution in [0.4, 0.5) is 5.13 Å². The van der Waals surface area contributed by atoms with Gasteiger partial charge in [0.15, 0.2) is 0 Å². The molecule has 0 saturated heterocycles. The third-order valence-corrected chi connectivity index (χ3v) is 3.12. The highest BCUT2D eigenvalue weighted by Crippen LogP contribution is 2.27. The minimum atomic E-state index is 0.822. The maximum absolute atomic E-state index is 4.45. The monoisotopic (exact) mass is 219 g/mol. The second-order valence-corrected chi connectivity index (χ2v) is 4.53. The van der Waals surface area contributed by atoms with Crippen LogP contribution in [0.15, 0.2) is 29.3 Å². The van der Waals surface area contributed by atoms with E-state index in [1.54, 1.807) is 11.3 Å². The predicted molar refractivity (Wildman–Crippen MR) is 66.1 cm³/mol. The van der Waals surface area contributed by atoms with Crippen LogP contribution in [0.3, 0.4) is 0 Å². The summed E-state index contributed by atoms with van der Waals surface area (Å²) in [6, 6.07) is 8.09. The number of para-hydroxylation sites is 1. The Labute approximate surface area is 93.1 Å². The molecular weight excluding hydrogens is 206 g/mol. The quantitative estimate of drug-likeness (QED) is 0.545.